The van der Waals surface area contributed by atoms with Crippen LogP contribution in [0.1, 0.15) is 55.7 Å². The van der Waals surface area contributed by atoms with Crippen LogP contribution in [0.5, 0.6) is 5.75 Å². The Kier molecular flexibility index (Phi) is 7.14. The number of rotatable bonds is 8. The SMILES string of the molecule is CCc1ccc2c(c1)CCC(C1CC1)N2S(=O)(=O)c1ccc(OCC2CCSCC2)c(CO)c1. The predicted molar refractivity (Wildman–Crippen MR) is 138 cm³/mol. The molecule has 3 aliphatic rings. The lowest BCUT2D eigenvalue weighted by molar-refractivity contribution is 0.226. The van der Waals surface area contributed by atoms with Crippen LogP contribution in [0, 0.1) is 11.8 Å². The van der Waals surface area contributed by atoms with Gasteiger partial charge in [0.25, 0.3) is 10.0 Å². The molecule has 1 aliphatic carbocycles. The minimum Gasteiger partial charge on any atom is -0.493 e. The first-order valence-electron chi connectivity index (χ1n) is 12.6. The maximum atomic E-state index is 14.0. The van der Waals surface area contributed by atoms with E-state index in [1.165, 1.54) is 5.56 Å². The van der Waals surface area contributed by atoms with E-state index in [9.17, 15) is 13.5 Å². The maximum absolute atomic E-state index is 14.0. The smallest absolute Gasteiger partial charge is 0.264 e. The quantitative estimate of drug-likeness (QED) is 0.540. The summed E-state index contributed by atoms with van der Waals surface area (Å²) in [4.78, 5) is 0.232. The van der Waals surface area contributed by atoms with Gasteiger partial charge in [-0.15, -0.1) is 0 Å². The standard InChI is InChI=1S/C27H35NO4S2/c1-2-19-3-8-26-22(15-19)6-9-25(21-4-5-21)28(26)34(30,31)24-7-10-27(23(16-24)17-29)32-18-20-11-13-33-14-12-20/h3,7-8,10,15-16,20-21,25,29H,2,4-6,9,11-14,17-18H2,1H3. The number of hydrogen-bond donors (Lipinski definition) is 1. The maximum Gasteiger partial charge on any atom is 0.264 e. The minimum atomic E-state index is -3.77. The first-order chi connectivity index (χ1) is 16.5. The molecule has 2 aromatic rings. The highest BCUT2D eigenvalue weighted by molar-refractivity contribution is 7.99. The summed E-state index contributed by atoms with van der Waals surface area (Å²) in [6, 6.07) is 11.2. The van der Waals surface area contributed by atoms with E-state index in [2.05, 4.69) is 19.1 Å². The molecule has 5 nitrogen and oxygen atoms in total. The molecule has 1 saturated heterocycles. The number of ether oxygens (including phenoxy) is 1. The third-order valence-corrected chi connectivity index (χ3v) is 10.4. The fraction of sp³-hybridized carbons (Fsp3) is 0.556. The van der Waals surface area contributed by atoms with Crippen molar-refractivity contribution in [1.29, 1.82) is 0 Å². The van der Waals surface area contributed by atoms with E-state index in [1.807, 2.05) is 17.8 Å². The lowest BCUT2D eigenvalue weighted by Gasteiger charge is -2.38. The van der Waals surface area contributed by atoms with Crippen LogP contribution in [0.3, 0.4) is 0 Å². The average molecular weight is 502 g/mol. The minimum absolute atomic E-state index is 0.00245. The second kappa shape index (κ2) is 10.1. The zero-order chi connectivity index (χ0) is 23.7. The summed E-state index contributed by atoms with van der Waals surface area (Å²) in [5.74, 6) is 3.87. The number of thioether (sulfide) groups is 1. The Bertz CT molecular complexity index is 1120. The predicted octanol–water partition coefficient (Wildman–Crippen LogP) is 5.18. The molecule has 1 N–H and O–H groups in total. The molecule has 5 rings (SSSR count). The molecule has 0 spiro atoms. The molecule has 1 saturated carbocycles. The van der Waals surface area contributed by atoms with Crippen LogP contribution in [0.15, 0.2) is 41.3 Å². The molecule has 184 valence electrons. The van der Waals surface area contributed by atoms with E-state index in [0.717, 1.165) is 67.7 Å². The second-order valence-electron chi connectivity index (χ2n) is 9.86. The summed E-state index contributed by atoms with van der Waals surface area (Å²) >= 11 is 1.98. The number of nitrogens with zero attached hydrogens (tertiary/aromatic N) is 1. The Labute approximate surface area is 207 Å². The number of aliphatic hydroxyl groups is 1. The molecule has 2 aliphatic heterocycles. The molecule has 0 radical (unpaired) electrons. The van der Waals surface area contributed by atoms with Gasteiger partial charge in [-0.2, -0.15) is 11.8 Å². The first-order valence-corrected chi connectivity index (χ1v) is 15.2. The fourth-order valence-electron chi connectivity index (χ4n) is 5.30. The van der Waals surface area contributed by atoms with Gasteiger partial charge in [-0.3, -0.25) is 4.31 Å². The van der Waals surface area contributed by atoms with Gasteiger partial charge in [-0.1, -0.05) is 19.1 Å². The summed E-state index contributed by atoms with van der Waals surface area (Å²) in [5.41, 5.74) is 3.71. The van der Waals surface area contributed by atoms with Crippen LogP contribution in [-0.4, -0.2) is 37.7 Å². The summed E-state index contributed by atoms with van der Waals surface area (Å²) in [6.07, 6.45) is 7.18. The van der Waals surface area contributed by atoms with E-state index in [1.54, 1.807) is 22.5 Å². The van der Waals surface area contributed by atoms with Gasteiger partial charge >= 0.3 is 0 Å². The largest absolute Gasteiger partial charge is 0.493 e. The number of anilines is 1. The van der Waals surface area contributed by atoms with Gasteiger partial charge in [0, 0.05) is 11.6 Å². The van der Waals surface area contributed by atoms with Crippen LogP contribution in [-0.2, 0) is 29.5 Å². The molecule has 2 aromatic carbocycles. The lowest BCUT2D eigenvalue weighted by atomic mass is 9.93. The number of fused-ring (bicyclic) bond motifs is 1. The van der Waals surface area contributed by atoms with E-state index in [-0.39, 0.29) is 17.5 Å². The van der Waals surface area contributed by atoms with Crippen molar-refractivity contribution in [3.05, 3.63) is 53.1 Å². The Morgan fingerprint density at radius 3 is 2.56 bits per heavy atom. The average Bonchev–Trinajstić information content (AvgIpc) is 3.72. The highest BCUT2D eigenvalue weighted by Crippen LogP contribution is 2.45. The van der Waals surface area contributed by atoms with Crippen molar-refractivity contribution in [3.8, 4) is 5.75 Å². The Morgan fingerprint density at radius 1 is 1.06 bits per heavy atom. The zero-order valence-corrected chi connectivity index (χ0v) is 21.5. The number of sulfonamides is 1. The van der Waals surface area contributed by atoms with Crippen LogP contribution in [0.4, 0.5) is 5.69 Å². The first kappa shape index (κ1) is 24.0. The van der Waals surface area contributed by atoms with Gasteiger partial charge in [0.15, 0.2) is 0 Å². The van der Waals surface area contributed by atoms with Crippen molar-refractivity contribution < 1.29 is 18.3 Å². The van der Waals surface area contributed by atoms with E-state index >= 15 is 0 Å². The van der Waals surface area contributed by atoms with Gasteiger partial charge in [0.05, 0.1) is 23.8 Å². The molecule has 0 aromatic heterocycles. The summed E-state index contributed by atoms with van der Waals surface area (Å²) in [6.45, 7) is 2.49. The third-order valence-electron chi connectivity index (χ3n) is 7.54. The molecule has 2 heterocycles. The molecule has 34 heavy (non-hydrogen) atoms. The molecule has 1 unspecified atom stereocenters. The lowest BCUT2D eigenvalue weighted by Crippen LogP contribution is -2.45. The van der Waals surface area contributed by atoms with Crippen molar-refractivity contribution >= 4 is 27.5 Å². The highest BCUT2D eigenvalue weighted by atomic mass is 32.2. The number of benzene rings is 2. The topological polar surface area (TPSA) is 66.8 Å². The summed E-state index contributed by atoms with van der Waals surface area (Å²) in [5, 5.41) is 10.0. The van der Waals surface area contributed by atoms with Crippen LogP contribution >= 0.6 is 11.8 Å². The van der Waals surface area contributed by atoms with E-state index in [4.69, 9.17) is 4.74 Å². The van der Waals surface area contributed by atoms with Gasteiger partial charge in [0.1, 0.15) is 5.75 Å². The van der Waals surface area contributed by atoms with Crippen molar-refractivity contribution in [2.75, 3.05) is 22.4 Å². The normalized spacial score (nSPS) is 21.4. The van der Waals surface area contributed by atoms with E-state index < -0.39 is 10.0 Å². The second-order valence-corrected chi connectivity index (χ2v) is 12.9. The van der Waals surface area contributed by atoms with Crippen molar-refractivity contribution in [2.24, 2.45) is 11.8 Å². The number of aryl methyl sites for hydroxylation is 2. The molecule has 7 heteroatoms. The Morgan fingerprint density at radius 2 is 1.85 bits per heavy atom. The molecular formula is C27H35NO4S2. The summed E-state index contributed by atoms with van der Waals surface area (Å²) < 4.78 is 35.8. The van der Waals surface area contributed by atoms with Crippen molar-refractivity contribution in [3.63, 3.8) is 0 Å². The van der Waals surface area contributed by atoms with Gasteiger partial charge in [0.2, 0.25) is 0 Å². The van der Waals surface area contributed by atoms with Crippen molar-refractivity contribution in [2.45, 2.75) is 69.4 Å². The fourth-order valence-corrected chi connectivity index (χ4v) is 8.34. The Balaban J connectivity index is 1.45. The molecule has 0 bridgehead atoms. The number of hydrogen-bond acceptors (Lipinski definition) is 5. The van der Waals surface area contributed by atoms with Gasteiger partial charge in [-0.25, -0.2) is 8.42 Å². The zero-order valence-electron chi connectivity index (χ0n) is 19.9. The third kappa shape index (κ3) is 4.84. The molecular weight excluding hydrogens is 466 g/mol. The molecule has 1 atom stereocenters. The highest BCUT2D eigenvalue weighted by Gasteiger charge is 2.43. The summed E-state index contributed by atoms with van der Waals surface area (Å²) in [7, 11) is -3.77. The van der Waals surface area contributed by atoms with Gasteiger partial charge < -0.3 is 9.84 Å². The van der Waals surface area contributed by atoms with Crippen LogP contribution < -0.4 is 9.04 Å². The number of aliphatic hydroxyl groups excluding tert-OH is 1. The molecule has 0 amide bonds. The molecule has 2 fully saturated rings. The van der Waals surface area contributed by atoms with Crippen LogP contribution in [0.2, 0.25) is 0 Å². The Hall–Kier alpha value is -1.70. The van der Waals surface area contributed by atoms with Crippen LogP contribution in [0.25, 0.3) is 0 Å². The van der Waals surface area contributed by atoms with E-state index in [0.29, 0.717) is 29.8 Å². The monoisotopic (exact) mass is 501 g/mol. The van der Waals surface area contributed by atoms with Gasteiger partial charge in [-0.05, 0) is 104 Å². The van der Waals surface area contributed by atoms with Crippen molar-refractivity contribution in [1.82, 2.24) is 0 Å².